The molecule has 0 amide bonds. The van der Waals surface area contributed by atoms with Gasteiger partial charge < -0.3 is 10.6 Å². The van der Waals surface area contributed by atoms with Crippen LogP contribution in [0.3, 0.4) is 0 Å². The van der Waals surface area contributed by atoms with E-state index in [1.54, 1.807) is 18.8 Å². The third kappa shape index (κ3) is 4.02. The number of hydrogen-bond donors (Lipinski definition) is 2. The average molecular weight is 271 g/mol. The monoisotopic (exact) mass is 271 g/mol. The maximum absolute atomic E-state index is 10.9. The van der Waals surface area contributed by atoms with Crippen LogP contribution >= 0.6 is 11.8 Å². The van der Waals surface area contributed by atoms with Gasteiger partial charge in [-0.25, -0.2) is 4.98 Å². The minimum absolute atomic E-state index is 0.105. The van der Waals surface area contributed by atoms with Gasteiger partial charge in [0, 0.05) is 18.8 Å². The lowest BCUT2D eigenvalue weighted by Crippen LogP contribution is -2.20. The highest BCUT2D eigenvalue weighted by Gasteiger charge is 2.18. The van der Waals surface area contributed by atoms with Crippen LogP contribution in [0.4, 0.5) is 17.5 Å². The van der Waals surface area contributed by atoms with E-state index >= 15 is 0 Å². The number of anilines is 2. The second-order valence-electron chi connectivity index (χ2n) is 3.64. The van der Waals surface area contributed by atoms with E-state index in [0.29, 0.717) is 5.95 Å². The van der Waals surface area contributed by atoms with Gasteiger partial charge in [-0.1, -0.05) is 6.92 Å². The highest BCUT2D eigenvalue weighted by molar-refractivity contribution is 7.99. The standard InChI is InChI=1S/C10H17N5O2S/c1-4-18-6-7(2)13-9-8(15(16)17)5-12-10(11-3)14-9/h5,7H,4,6H2,1-3H3,(H2,11,12,13,14). The summed E-state index contributed by atoms with van der Waals surface area (Å²) >= 11 is 1.77. The molecule has 0 aliphatic rings. The van der Waals surface area contributed by atoms with Crippen molar-refractivity contribution in [1.82, 2.24) is 9.97 Å². The Morgan fingerprint density at radius 3 is 2.89 bits per heavy atom. The van der Waals surface area contributed by atoms with E-state index < -0.39 is 4.92 Å². The van der Waals surface area contributed by atoms with Crippen molar-refractivity contribution in [2.45, 2.75) is 19.9 Å². The molecule has 0 fully saturated rings. The Morgan fingerprint density at radius 2 is 2.33 bits per heavy atom. The first-order chi connectivity index (χ1) is 8.58. The molecule has 1 unspecified atom stereocenters. The fourth-order valence-corrected chi connectivity index (χ4v) is 1.98. The summed E-state index contributed by atoms with van der Waals surface area (Å²) in [4.78, 5) is 18.3. The van der Waals surface area contributed by atoms with Gasteiger partial charge in [-0.15, -0.1) is 0 Å². The van der Waals surface area contributed by atoms with Gasteiger partial charge in [-0.3, -0.25) is 10.1 Å². The zero-order chi connectivity index (χ0) is 13.5. The SMILES string of the molecule is CCSCC(C)Nc1nc(NC)ncc1[N+](=O)[O-]. The van der Waals surface area contributed by atoms with Crippen molar-refractivity contribution in [2.75, 3.05) is 29.2 Å². The fourth-order valence-electron chi connectivity index (χ4n) is 1.31. The molecule has 0 aliphatic carbocycles. The van der Waals surface area contributed by atoms with E-state index in [2.05, 4.69) is 27.5 Å². The van der Waals surface area contributed by atoms with Crippen LogP contribution in [0.15, 0.2) is 6.20 Å². The minimum Gasteiger partial charge on any atom is -0.361 e. The molecule has 1 heterocycles. The van der Waals surface area contributed by atoms with Crippen LogP contribution in [0, 0.1) is 10.1 Å². The molecule has 1 aromatic heterocycles. The van der Waals surface area contributed by atoms with E-state index in [1.807, 2.05) is 6.92 Å². The summed E-state index contributed by atoms with van der Waals surface area (Å²) in [5, 5.41) is 16.7. The normalized spacial score (nSPS) is 11.9. The van der Waals surface area contributed by atoms with Gasteiger partial charge in [-0.05, 0) is 12.7 Å². The van der Waals surface area contributed by atoms with Crippen molar-refractivity contribution in [3.8, 4) is 0 Å². The van der Waals surface area contributed by atoms with Gasteiger partial charge in [0.15, 0.2) is 0 Å². The number of nitro groups is 1. The molecule has 18 heavy (non-hydrogen) atoms. The molecule has 0 saturated carbocycles. The Bertz CT molecular complexity index is 415. The first-order valence-electron chi connectivity index (χ1n) is 5.62. The molecular weight excluding hydrogens is 254 g/mol. The van der Waals surface area contributed by atoms with Crippen LogP contribution in [0.1, 0.15) is 13.8 Å². The topological polar surface area (TPSA) is 93.0 Å². The Hall–Kier alpha value is -1.57. The van der Waals surface area contributed by atoms with Crippen LogP contribution in [-0.2, 0) is 0 Å². The van der Waals surface area contributed by atoms with Gasteiger partial charge in [0.1, 0.15) is 6.20 Å². The number of aromatic nitrogens is 2. The molecule has 7 nitrogen and oxygen atoms in total. The Balaban J connectivity index is 2.86. The van der Waals surface area contributed by atoms with E-state index in [4.69, 9.17) is 0 Å². The third-order valence-corrected chi connectivity index (χ3v) is 3.29. The summed E-state index contributed by atoms with van der Waals surface area (Å²) in [6, 6.07) is 0.105. The molecule has 100 valence electrons. The Labute approximate surface area is 110 Å². The van der Waals surface area contributed by atoms with Crippen molar-refractivity contribution >= 4 is 29.2 Å². The number of hydrogen-bond acceptors (Lipinski definition) is 7. The molecule has 0 bridgehead atoms. The molecule has 0 spiro atoms. The Kier molecular flexibility index (Phi) is 5.63. The van der Waals surface area contributed by atoms with Crippen molar-refractivity contribution in [2.24, 2.45) is 0 Å². The highest BCUT2D eigenvalue weighted by atomic mass is 32.2. The van der Waals surface area contributed by atoms with Gasteiger partial charge >= 0.3 is 5.69 Å². The van der Waals surface area contributed by atoms with Gasteiger partial charge in [0.05, 0.1) is 4.92 Å². The molecule has 0 aliphatic heterocycles. The molecular formula is C10H17N5O2S. The number of nitrogens with zero attached hydrogens (tertiary/aromatic N) is 3. The zero-order valence-corrected chi connectivity index (χ0v) is 11.5. The van der Waals surface area contributed by atoms with Crippen LogP contribution in [-0.4, -0.2) is 39.5 Å². The quantitative estimate of drug-likeness (QED) is 0.578. The highest BCUT2D eigenvalue weighted by Crippen LogP contribution is 2.23. The van der Waals surface area contributed by atoms with E-state index in [0.717, 1.165) is 11.5 Å². The van der Waals surface area contributed by atoms with Gasteiger partial charge in [0.2, 0.25) is 11.8 Å². The van der Waals surface area contributed by atoms with E-state index in [1.165, 1.54) is 6.20 Å². The summed E-state index contributed by atoms with van der Waals surface area (Å²) in [6.07, 6.45) is 1.21. The molecule has 1 rings (SSSR count). The van der Waals surface area contributed by atoms with Crippen LogP contribution < -0.4 is 10.6 Å². The molecule has 0 aromatic carbocycles. The third-order valence-electron chi connectivity index (χ3n) is 2.14. The summed E-state index contributed by atoms with van der Waals surface area (Å²) in [5.74, 6) is 2.49. The molecule has 1 aromatic rings. The van der Waals surface area contributed by atoms with Crippen LogP contribution in [0.5, 0.6) is 0 Å². The van der Waals surface area contributed by atoms with Crippen molar-refractivity contribution in [1.29, 1.82) is 0 Å². The van der Waals surface area contributed by atoms with Gasteiger partial charge in [-0.2, -0.15) is 16.7 Å². The zero-order valence-electron chi connectivity index (χ0n) is 10.6. The summed E-state index contributed by atoms with van der Waals surface area (Å²) in [7, 11) is 1.67. The first kappa shape index (κ1) is 14.5. The molecule has 2 N–H and O–H groups in total. The predicted octanol–water partition coefficient (Wildman–Crippen LogP) is 1.98. The molecule has 0 saturated heterocycles. The fraction of sp³-hybridized carbons (Fsp3) is 0.600. The van der Waals surface area contributed by atoms with E-state index in [9.17, 15) is 10.1 Å². The van der Waals surface area contributed by atoms with Crippen LogP contribution in [0.2, 0.25) is 0 Å². The summed E-state index contributed by atoms with van der Waals surface area (Å²) in [6.45, 7) is 4.04. The maximum atomic E-state index is 10.9. The smallest absolute Gasteiger partial charge is 0.329 e. The van der Waals surface area contributed by atoms with Crippen molar-refractivity contribution < 1.29 is 4.92 Å². The van der Waals surface area contributed by atoms with Crippen LogP contribution in [0.25, 0.3) is 0 Å². The number of thioether (sulfide) groups is 1. The Morgan fingerprint density at radius 1 is 1.61 bits per heavy atom. The minimum atomic E-state index is -0.485. The lowest BCUT2D eigenvalue weighted by Gasteiger charge is -2.14. The second kappa shape index (κ2) is 7.00. The molecule has 8 heteroatoms. The number of rotatable bonds is 7. The summed E-state index contributed by atoms with van der Waals surface area (Å²) < 4.78 is 0. The van der Waals surface area contributed by atoms with Crippen molar-refractivity contribution in [3.63, 3.8) is 0 Å². The average Bonchev–Trinajstić information content (AvgIpc) is 2.35. The van der Waals surface area contributed by atoms with Crippen molar-refractivity contribution in [3.05, 3.63) is 16.3 Å². The largest absolute Gasteiger partial charge is 0.361 e. The molecule has 1 atom stereocenters. The molecule has 0 radical (unpaired) electrons. The first-order valence-corrected chi connectivity index (χ1v) is 6.77. The number of nitrogens with one attached hydrogen (secondary N) is 2. The summed E-state index contributed by atoms with van der Waals surface area (Å²) in [5.41, 5.74) is -0.109. The lowest BCUT2D eigenvalue weighted by atomic mass is 10.3. The second-order valence-corrected chi connectivity index (χ2v) is 4.96. The lowest BCUT2D eigenvalue weighted by molar-refractivity contribution is -0.384. The van der Waals surface area contributed by atoms with E-state index in [-0.39, 0.29) is 17.5 Å². The maximum Gasteiger partial charge on any atom is 0.329 e. The predicted molar refractivity (Wildman–Crippen MR) is 74.3 cm³/mol. The van der Waals surface area contributed by atoms with Gasteiger partial charge in [0.25, 0.3) is 0 Å².